The summed E-state index contributed by atoms with van der Waals surface area (Å²) >= 11 is 0. The number of hydrogen-bond acceptors (Lipinski definition) is 4. The zero-order chi connectivity index (χ0) is 17.5. The monoisotopic (exact) mass is 336 g/mol. The molecule has 0 fully saturated rings. The lowest BCUT2D eigenvalue weighted by Crippen LogP contribution is -2.21. The fourth-order valence-corrected chi connectivity index (χ4v) is 2.09. The summed E-state index contributed by atoms with van der Waals surface area (Å²) in [5, 5.41) is 2.65. The first kappa shape index (κ1) is 16.3. The number of esters is 1. The average molecular weight is 336 g/mol. The summed E-state index contributed by atoms with van der Waals surface area (Å²) in [7, 11) is 0. The SMILES string of the molecule is O=C(COC(=O)c1ccc[nH]1)Nc1ccc(Oc2ccccc2)cc1. The molecule has 0 saturated carbocycles. The Kier molecular flexibility index (Phi) is 5.11. The van der Waals surface area contributed by atoms with Gasteiger partial charge in [-0.1, -0.05) is 18.2 Å². The van der Waals surface area contributed by atoms with Crippen molar-refractivity contribution in [3.8, 4) is 11.5 Å². The first-order valence-electron chi connectivity index (χ1n) is 7.64. The van der Waals surface area contributed by atoms with E-state index in [2.05, 4.69) is 10.3 Å². The molecule has 0 unspecified atom stereocenters. The predicted octanol–water partition coefficient (Wildman–Crippen LogP) is 3.60. The van der Waals surface area contributed by atoms with Crippen molar-refractivity contribution in [1.29, 1.82) is 0 Å². The van der Waals surface area contributed by atoms with Crippen molar-refractivity contribution >= 4 is 17.6 Å². The number of ether oxygens (including phenoxy) is 2. The highest BCUT2D eigenvalue weighted by molar-refractivity contribution is 5.94. The molecule has 3 rings (SSSR count). The molecule has 3 aromatic rings. The van der Waals surface area contributed by atoms with Gasteiger partial charge in [-0.05, 0) is 48.5 Å². The molecular weight excluding hydrogens is 320 g/mol. The molecule has 2 N–H and O–H groups in total. The Morgan fingerprint density at radius 3 is 2.28 bits per heavy atom. The number of para-hydroxylation sites is 1. The van der Waals surface area contributed by atoms with Gasteiger partial charge < -0.3 is 19.8 Å². The molecule has 0 spiro atoms. The van der Waals surface area contributed by atoms with Crippen LogP contribution in [-0.4, -0.2) is 23.5 Å². The van der Waals surface area contributed by atoms with E-state index in [-0.39, 0.29) is 6.61 Å². The van der Waals surface area contributed by atoms with Gasteiger partial charge in [-0.2, -0.15) is 0 Å². The number of aromatic amines is 1. The Morgan fingerprint density at radius 2 is 1.60 bits per heavy atom. The topological polar surface area (TPSA) is 80.4 Å². The minimum Gasteiger partial charge on any atom is -0.457 e. The summed E-state index contributed by atoms with van der Waals surface area (Å²) in [6.07, 6.45) is 1.61. The lowest BCUT2D eigenvalue weighted by Gasteiger charge is -2.08. The van der Waals surface area contributed by atoms with Crippen molar-refractivity contribution < 1.29 is 19.1 Å². The average Bonchev–Trinajstić information content (AvgIpc) is 3.17. The molecule has 2 aromatic carbocycles. The van der Waals surface area contributed by atoms with Gasteiger partial charge in [0.1, 0.15) is 17.2 Å². The first-order chi connectivity index (χ1) is 12.2. The van der Waals surface area contributed by atoms with Gasteiger partial charge in [-0.25, -0.2) is 4.79 Å². The Balaban J connectivity index is 1.49. The van der Waals surface area contributed by atoms with Crippen LogP contribution >= 0.6 is 0 Å². The van der Waals surface area contributed by atoms with Crippen LogP contribution in [0.2, 0.25) is 0 Å². The lowest BCUT2D eigenvalue weighted by atomic mass is 10.3. The molecule has 6 nitrogen and oxygen atoms in total. The zero-order valence-electron chi connectivity index (χ0n) is 13.3. The first-order valence-corrected chi connectivity index (χ1v) is 7.64. The molecule has 25 heavy (non-hydrogen) atoms. The molecule has 1 amide bonds. The summed E-state index contributed by atoms with van der Waals surface area (Å²) in [4.78, 5) is 26.2. The molecule has 1 aromatic heterocycles. The molecule has 0 radical (unpaired) electrons. The van der Waals surface area contributed by atoms with Crippen molar-refractivity contribution in [1.82, 2.24) is 4.98 Å². The molecule has 1 heterocycles. The number of nitrogens with one attached hydrogen (secondary N) is 2. The highest BCUT2D eigenvalue weighted by Crippen LogP contribution is 2.22. The Bertz CT molecular complexity index is 828. The fraction of sp³-hybridized carbons (Fsp3) is 0.0526. The van der Waals surface area contributed by atoms with Gasteiger partial charge in [0.05, 0.1) is 0 Å². The van der Waals surface area contributed by atoms with Crippen LogP contribution in [0.4, 0.5) is 5.69 Å². The molecule has 0 aliphatic carbocycles. The minimum absolute atomic E-state index is 0.301. The van der Waals surface area contributed by atoms with Crippen LogP contribution in [0.15, 0.2) is 72.9 Å². The van der Waals surface area contributed by atoms with Gasteiger partial charge in [0, 0.05) is 11.9 Å². The van der Waals surface area contributed by atoms with Crippen LogP contribution in [0.25, 0.3) is 0 Å². The highest BCUT2D eigenvalue weighted by atomic mass is 16.5. The summed E-state index contributed by atoms with van der Waals surface area (Å²) in [5.74, 6) is 0.390. The number of aromatic nitrogens is 1. The van der Waals surface area contributed by atoms with E-state index < -0.39 is 11.9 Å². The smallest absolute Gasteiger partial charge is 0.355 e. The van der Waals surface area contributed by atoms with E-state index in [0.29, 0.717) is 17.1 Å². The van der Waals surface area contributed by atoms with Crippen molar-refractivity contribution in [3.05, 3.63) is 78.6 Å². The third kappa shape index (κ3) is 4.71. The second kappa shape index (κ2) is 7.83. The highest BCUT2D eigenvalue weighted by Gasteiger charge is 2.10. The standard InChI is InChI=1S/C19H16N2O4/c22-18(13-24-19(23)17-7-4-12-20-17)21-14-8-10-16(11-9-14)25-15-5-2-1-3-6-15/h1-12,20H,13H2,(H,21,22). The number of carbonyl (C=O) groups is 2. The quantitative estimate of drug-likeness (QED) is 0.674. The van der Waals surface area contributed by atoms with Crippen LogP contribution in [0.3, 0.4) is 0 Å². The van der Waals surface area contributed by atoms with E-state index in [1.807, 2.05) is 30.3 Å². The molecule has 0 saturated heterocycles. The van der Waals surface area contributed by atoms with Gasteiger partial charge in [-0.3, -0.25) is 4.79 Å². The number of anilines is 1. The largest absolute Gasteiger partial charge is 0.457 e. The van der Waals surface area contributed by atoms with Gasteiger partial charge >= 0.3 is 5.97 Å². The number of hydrogen-bond donors (Lipinski definition) is 2. The Labute approximate surface area is 144 Å². The van der Waals surface area contributed by atoms with E-state index in [0.717, 1.165) is 5.75 Å². The maximum Gasteiger partial charge on any atom is 0.355 e. The predicted molar refractivity (Wildman–Crippen MR) is 92.7 cm³/mol. The summed E-state index contributed by atoms with van der Waals surface area (Å²) in [6, 6.07) is 19.6. The van der Waals surface area contributed by atoms with E-state index in [1.54, 1.807) is 42.6 Å². The van der Waals surface area contributed by atoms with Crippen LogP contribution < -0.4 is 10.1 Å². The van der Waals surface area contributed by atoms with E-state index >= 15 is 0 Å². The van der Waals surface area contributed by atoms with Crippen LogP contribution in [-0.2, 0) is 9.53 Å². The summed E-state index contributed by atoms with van der Waals surface area (Å²) in [6.45, 7) is -0.361. The molecule has 0 aliphatic rings. The lowest BCUT2D eigenvalue weighted by molar-refractivity contribution is -0.119. The van der Waals surface area contributed by atoms with E-state index in [4.69, 9.17) is 9.47 Å². The number of rotatable bonds is 6. The molecule has 126 valence electrons. The molecule has 0 bridgehead atoms. The summed E-state index contributed by atoms with van der Waals surface area (Å²) < 4.78 is 10.6. The zero-order valence-corrected chi connectivity index (χ0v) is 13.3. The minimum atomic E-state index is -0.577. The maximum absolute atomic E-state index is 11.8. The molecule has 0 aliphatic heterocycles. The number of benzene rings is 2. The number of H-pyrrole nitrogens is 1. The normalized spacial score (nSPS) is 10.1. The number of amides is 1. The number of carbonyl (C=O) groups excluding carboxylic acids is 2. The van der Waals surface area contributed by atoms with Crippen LogP contribution in [0.5, 0.6) is 11.5 Å². The van der Waals surface area contributed by atoms with Crippen molar-refractivity contribution in [2.45, 2.75) is 0 Å². The van der Waals surface area contributed by atoms with Gasteiger partial charge in [0.25, 0.3) is 5.91 Å². The Morgan fingerprint density at radius 1 is 0.880 bits per heavy atom. The third-order valence-corrected chi connectivity index (χ3v) is 3.27. The van der Waals surface area contributed by atoms with Gasteiger partial charge in [0.15, 0.2) is 6.61 Å². The molecule has 0 atom stereocenters. The van der Waals surface area contributed by atoms with Gasteiger partial charge in [0.2, 0.25) is 0 Å². The van der Waals surface area contributed by atoms with Crippen molar-refractivity contribution in [3.63, 3.8) is 0 Å². The second-order valence-corrected chi connectivity index (χ2v) is 5.15. The maximum atomic E-state index is 11.8. The molecular formula is C19H16N2O4. The van der Waals surface area contributed by atoms with Gasteiger partial charge in [-0.15, -0.1) is 0 Å². The van der Waals surface area contributed by atoms with Crippen LogP contribution in [0.1, 0.15) is 10.5 Å². The van der Waals surface area contributed by atoms with Crippen LogP contribution in [0, 0.1) is 0 Å². The third-order valence-electron chi connectivity index (χ3n) is 3.27. The molecule has 6 heteroatoms. The summed E-state index contributed by atoms with van der Waals surface area (Å²) in [5.41, 5.74) is 0.886. The van der Waals surface area contributed by atoms with Crippen molar-refractivity contribution in [2.24, 2.45) is 0 Å². The fourth-order valence-electron chi connectivity index (χ4n) is 2.09. The second-order valence-electron chi connectivity index (χ2n) is 5.15. The van der Waals surface area contributed by atoms with Crippen molar-refractivity contribution in [2.75, 3.05) is 11.9 Å². The van der Waals surface area contributed by atoms with E-state index in [1.165, 1.54) is 0 Å². The van der Waals surface area contributed by atoms with E-state index in [9.17, 15) is 9.59 Å². The Hall–Kier alpha value is -3.54.